The van der Waals surface area contributed by atoms with Crippen LogP contribution in [0.15, 0.2) is 77.4 Å². The van der Waals surface area contributed by atoms with Gasteiger partial charge in [0, 0.05) is 0 Å². The monoisotopic (exact) mass is 423 g/mol. The molecule has 1 aliphatic rings. The topological polar surface area (TPSA) is 97.1 Å². The molecule has 0 spiro atoms. The Kier molecular flexibility index (Phi) is 6.97. The Morgan fingerprint density at radius 3 is 2.16 bits per heavy atom. The average Bonchev–Trinajstić information content (AvgIpc) is 2.74. The minimum absolute atomic E-state index is 0.0485. The maximum Gasteiger partial charge on any atom is 0.340 e. The SMILES string of the molecule is CCOC(=O)C1=C(C)OC(N)=C(C(=O)OCC)[C@H]1c1cccc(Oc2ccccc2)c1. The molecule has 162 valence electrons. The predicted octanol–water partition coefficient (Wildman–Crippen LogP) is 4.16. The Morgan fingerprint density at radius 2 is 1.52 bits per heavy atom. The van der Waals surface area contributed by atoms with Crippen LogP contribution in [0.5, 0.6) is 11.5 Å². The average molecular weight is 423 g/mol. The van der Waals surface area contributed by atoms with E-state index in [1.165, 1.54) is 0 Å². The second-order valence-corrected chi connectivity index (χ2v) is 6.71. The number of hydrogen-bond donors (Lipinski definition) is 1. The van der Waals surface area contributed by atoms with Crippen LogP contribution in [0, 0.1) is 0 Å². The van der Waals surface area contributed by atoms with Gasteiger partial charge in [0.2, 0.25) is 5.88 Å². The Bertz CT molecular complexity index is 985. The van der Waals surface area contributed by atoms with E-state index in [1.54, 1.807) is 45.0 Å². The van der Waals surface area contributed by atoms with Gasteiger partial charge in [-0.2, -0.15) is 0 Å². The number of para-hydroxylation sites is 1. The van der Waals surface area contributed by atoms with Crippen LogP contribution in [0.3, 0.4) is 0 Å². The fraction of sp³-hybridized carbons (Fsp3) is 0.250. The number of allylic oxidation sites excluding steroid dienone is 1. The zero-order chi connectivity index (χ0) is 22.4. The first-order valence-electron chi connectivity index (χ1n) is 10.0. The van der Waals surface area contributed by atoms with Crippen LogP contribution in [-0.2, 0) is 23.8 Å². The quantitative estimate of drug-likeness (QED) is 0.668. The second kappa shape index (κ2) is 9.84. The van der Waals surface area contributed by atoms with Crippen molar-refractivity contribution in [2.24, 2.45) is 5.73 Å². The summed E-state index contributed by atoms with van der Waals surface area (Å²) in [5.41, 5.74) is 6.92. The van der Waals surface area contributed by atoms with E-state index < -0.39 is 17.9 Å². The molecular weight excluding hydrogens is 398 g/mol. The van der Waals surface area contributed by atoms with Crippen molar-refractivity contribution in [3.05, 3.63) is 82.9 Å². The van der Waals surface area contributed by atoms with Crippen molar-refractivity contribution < 1.29 is 28.5 Å². The fourth-order valence-electron chi connectivity index (χ4n) is 3.38. The normalized spacial score (nSPS) is 15.9. The summed E-state index contributed by atoms with van der Waals surface area (Å²) in [5, 5.41) is 0. The van der Waals surface area contributed by atoms with Crippen molar-refractivity contribution in [1.29, 1.82) is 0 Å². The molecule has 0 saturated heterocycles. The predicted molar refractivity (Wildman–Crippen MR) is 114 cm³/mol. The fourth-order valence-corrected chi connectivity index (χ4v) is 3.38. The van der Waals surface area contributed by atoms with E-state index in [1.807, 2.05) is 30.3 Å². The highest BCUT2D eigenvalue weighted by Gasteiger charge is 2.40. The molecule has 7 heteroatoms. The number of carbonyl (C=O) groups is 2. The van der Waals surface area contributed by atoms with Crippen LogP contribution < -0.4 is 10.5 Å². The number of rotatable bonds is 7. The minimum Gasteiger partial charge on any atom is -0.463 e. The summed E-state index contributed by atoms with van der Waals surface area (Å²) in [6.45, 7) is 5.33. The number of hydrogen-bond acceptors (Lipinski definition) is 7. The summed E-state index contributed by atoms with van der Waals surface area (Å²) in [6.07, 6.45) is 0. The molecule has 1 atom stereocenters. The van der Waals surface area contributed by atoms with Crippen molar-refractivity contribution >= 4 is 11.9 Å². The summed E-state index contributed by atoms with van der Waals surface area (Å²) in [7, 11) is 0. The lowest BCUT2D eigenvalue weighted by molar-refractivity contribution is -0.140. The first-order valence-corrected chi connectivity index (χ1v) is 10.0. The lowest BCUT2D eigenvalue weighted by Crippen LogP contribution is -2.30. The van der Waals surface area contributed by atoms with Crippen molar-refractivity contribution in [2.45, 2.75) is 26.7 Å². The maximum absolute atomic E-state index is 12.8. The zero-order valence-electron chi connectivity index (χ0n) is 17.7. The van der Waals surface area contributed by atoms with Crippen molar-refractivity contribution in [3.8, 4) is 11.5 Å². The van der Waals surface area contributed by atoms with Gasteiger partial charge in [0.15, 0.2) is 0 Å². The molecule has 1 aliphatic heterocycles. The van der Waals surface area contributed by atoms with E-state index in [0.717, 1.165) is 0 Å². The van der Waals surface area contributed by atoms with Crippen molar-refractivity contribution in [3.63, 3.8) is 0 Å². The molecule has 0 saturated carbocycles. The van der Waals surface area contributed by atoms with E-state index >= 15 is 0 Å². The molecule has 2 N–H and O–H groups in total. The number of nitrogens with two attached hydrogens (primary N) is 1. The van der Waals surface area contributed by atoms with Gasteiger partial charge in [0.05, 0.1) is 24.7 Å². The lowest BCUT2D eigenvalue weighted by atomic mass is 9.82. The molecule has 0 unspecified atom stereocenters. The Hall–Kier alpha value is -3.74. The largest absolute Gasteiger partial charge is 0.463 e. The molecule has 0 aliphatic carbocycles. The minimum atomic E-state index is -0.828. The summed E-state index contributed by atoms with van der Waals surface area (Å²) in [6, 6.07) is 16.4. The van der Waals surface area contributed by atoms with Gasteiger partial charge in [-0.05, 0) is 50.6 Å². The molecule has 7 nitrogen and oxygen atoms in total. The first kappa shape index (κ1) is 22.0. The highest BCUT2D eigenvalue weighted by Crippen LogP contribution is 2.41. The van der Waals surface area contributed by atoms with Gasteiger partial charge in [-0.3, -0.25) is 0 Å². The molecule has 3 rings (SSSR count). The van der Waals surface area contributed by atoms with E-state index in [9.17, 15) is 9.59 Å². The van der Waals surface area contributed by atoms with Gasteiger partial charge in [-0.1, -0.05) is 30.3 Å². The molecule has 0 aromatic heterocycles. The third kappa shape index (κ3) is 4.88. The summed E-state index contributed by atoms with van der Waals surface area (Å²) in [5.74, 6) is -0.720. The van der Waals surface area contributed by atoms with Gasteiger partial charge in [-0.15, -0.1) is 0 Å². The van der Waals surface area contributed by atoms with E-state index in [0.29, 0.717) is 17.1 Å². The van der Waals surface area contributed by atoms with Crippen LogP contribution in [0.25, 0.3) is 0 Å². The third-order valence-corrected chi connectivity index (χ3v) is 4.65. The molecular formula is C24H25NO6. The van der Waals surface area contributed by atoms with Crippen molar-refractivity contribution in [1.82, 2.24) is 0 Å². The van der Waals surface area contributed by atoms with Crippen LogP contribution in [-0.4, -0.2) is 25.2 Å². The molecule has 2 aromatic carbocycles. The Balaban J connectivity index is 2.09. The van der Waals surface area contributed by atoms with Gasteiger partial charge in [0.25, 0.3) is 0 Å². The van der Waals surface area contributed by atoms with Crippen LogP contribution in [0.2, 0.25) is 0 Å². The number of benzene rings is 2. The number of ether oxygens (including phenoxy) is 4. The summed E-state index contributed by atoms with van der Waals surface area (Å²) < 4.78 is 21.9. The molecule has 0 amide bonds. The number of carbonyl (C=O) groups excluding carboxylic acids is 2. The maximum atomic E-state index is 12.8. The smallest absolute Gasteiger partial charge is 0.340 e. The van der Waals surface area contributed by atoms with Crippen LogP contribution >= 0.6 is 0 Å². The van der Waals surface area contributed by atoms with Gasteiger partial charge < -0.3 is 24.7 Å². The van der Waals surface area contributed by atoms with E-state index in [-0.39, 0.29) is 36.0 Å². The van der Waals surface area contributed by atoms with Crippen LogP contribution in [0.1, 0.15) is 32.3 Å². The van der Waals surface area contributed by atoms with Gasteiger partial charge >= 0.3 is 11.9 Å². The standard InChI is InChI=1S/C24H25NO6/c1-4-28-23(26)19-15(3)30-22(25)21(24(27)29-5-2)20(19)16-10-9-13-18(14-16)31-17-11-7-6-8-12-17/h6-14,20H,4-5,25H2,1-3H3/t20-/m0/s1. The number of esters is 2. The molecule has 0 radical (unpaired) electrons. The highest BCUT2D eigenvalue weighted by atomic mass is 16.5. The lowest BCUT2D eigenvalue weighted by Gasteiger charge is -2.29. The molecule has 2 aromatic rings. The van der Waals surface area contributed by atoms with Gasteiger partial charge in [-0.25, -0.2) is 9.59 Å². The second-order valence-electron chi connectivity index (χ2n) is 6.71. The first-order chi connectivity index (χ1) is 15.0. The van der Waals surface area contributed by atoms with E-state index in [4.69, 9.17) is 24.7 Å². The van der Waals surface area contributed by atoms with Gasteiger partial charge in [0.1, 0.15) is 22.8 Å². The zero-order valence-corrected chi connectivity index (χ0v) is 17.7. The third-order valence-electron chi connectivity index (χ3n) is 4.65. The Morgan fingerprint density at radius 1 is 0.903 bits per heavy atom. The van der Waals surface area contributed by atoms with Crippen molar-refractivity contribution in [2.75, 3.05) is 13.2 Å². The molecule has 0 fully saturated rings. The van der Waals surface area contributed by atoms with Crippen LogP contribution in [0.4, 0.5) is 0 Å². The molecule has 0 bridgehead atoms. The summed E-state index contributed by atoms with van der Waals surface area (Å²) >= 11 is 0. The summed E-state index contributed by atoms with van der Waals surface area (Å²) in [4.78, 5) is 25.5. The molecule has 31 heavy (non-hydrogen) atoms. The Labute approximate surface area is 181 Å². The highest BCUT2D eigenvalue weighted by molar-refractivity contribution is 5.99. The molecule has 1 heterocycles. The van der Waals surface area contributed by atoms with E-state index in [2.05, 4.69) is 0 Å².